The molecular weight excluding hydrogens is 330 g/mol. The van der Waals surface area contributed by atoms with Gasteiger partial charge in [-0.2, -0.15) is 0 Å². The van der Waals surface area contributed by atoms with E-state index in [0.29, 0.717) is 0 Å². The van der Waals surface area contributed by atoms with Crippen molar-refractivity contribution in [1.29, 1.82) is 0 Å². The van der Waals surface area contributed by atoms with Crippen LogP contribution in [0.1, 0.15) is 23.3 Å². The van der Waals surface area contributed by atoms with Gasteiger partial charge < -0.3 is 14.8 Å². The fraction of sp³-hybridized carbons (Fsp3) is 0.150. The maximum Gasteiger partial charge on any atom is 0.408 e. The molecule has 0 saturated carbocycles. The number of nitrogens with one attached hydrogen (secondary N) is 1. The fourth-order valence-electron chi connectivity index (χ4n) is 3.10. The molecule has 0 unspecified atom stereocenters. The summed E-state index contributed by atoms with van der Waals surface area (Å²) < 4.78 is 10.8. The third kappa shape index (κ3) is 3.09. The Hall–Kier alpha value is -3.41. The van der Waals surface area contributed by atoms with E-state index in [9.17, 15) is 4.79 Å². The average Bonchev–Trinajstić information content (AvgIpc) is 3.11. The molecule has 0 bridgehead atoms. The molecule has 2 heterocycles. The van der Waals surface area contributed by atoms with E-state index in [2.05, 4.69) is 15.3 Å². The summed E-state index contributed by atoms with van der Waals surface area (Å²) in [5.41, 5.74) is 3.52. The molecule has 1 aliphatic heterocycles. The van der Waals surface area contributed by atoms with Crippen LogP contribution in [0.25, 0.3) is 11.3 Å². The summed E-state index contributed by atoms with van der Waals surface area (Å²) in [6.07, 6.45) is 4.13. The molecule has 6 nitrogen and oxygen atoms in total. The quantitative estimate of drug-likeness (QED) is 0.779. The Morgan fingerprint density at radius 1 is 1.08 bits per heavy atom. The highest BCUT2D eigenvalue weighted by atomic mass is 16.6. The normalized spacial score (nSPS) is 18.9. The van der Waals surface area contributed by atoms with E-state index in [-0.39, 0.29) is 6.04 Å². The Bertz CT molecular complexity index is 930. The molecule has 1 amide bonds. The van der Waals surface area contributed by atoms with Gasteiger partial charge in [-0.3, -0.25) is 9.97 Å². The molecule has 2 atom stereocenters. The number of ether oxygens (including phenoxy) is 2. The lowest BCUT2D eigenvalue weighted by Gasteiger charge is -2.19. The van der Waals surface area contributed by atoms with Crippen LogP contribution in [-0.2, 0) is 4.74 Å². The van der Waals surface area contributed by atoms with Gasteiger partial charge in [0.1, 0.15) is 5.75 Å². The largest absolute Gasteiger partial charge is 0.497 e. The Morgan fingerprint density at radius 3 is 2.73 bits per heavy atom. The minimum absolute atomic E-state index is 0.300. The third-order valence-corrected chi connectivity index (χ3v) is 4.34. The second-order valence-electron chi connectivity index (χ2n) is 5.94. The van der Waals surface area contributed by atoms with Crippen LogP contribution in [0.4, 0.5) is 4.79 Å². The van der Waals surface area contributed by atoms with Gasteiger partial charge >= 0.3 is 6.09 Å². The van der Waals surface area contributed by atoms with Gasteiger partial charge in [-0.1, -0.05) is 30.3 Å². The first kappa shape index (κ1) is 16.1. The number of nitrogens with zero attached hydrogens (tertiary/aromatic N) is 2. The minimum Gasteiger partial charge on any atom is -0.497 e. The predicted octanol–water partition coefficient (Wildman–Crippen LogP) is 3.67. The monoisotopic (exact) mass is 347 g/mol. The zero-order valence-corrected chi connectivity index (χ0v) is 14.1. The van der Waals surface area contributed by atoms with Crippen LogP contribution in [0, 0.1) is 0 Å². The molecule has 0 aliphatic carbocycles. The molecule has 3 aromatic rings. The Kier molecular flexibility index (Phi) is 4.23. The smallest absolute Gasteiger partial charge is 0.408 e. The van der Waals surface area contributed by atoms with Crippen LogP contribution in [-0.4, -0.2) is 23.2 Å². The third-order valence-electron chi connectivity index (χ3n) is 4.34. The number of aromatic nitrogens is 2. The summed E-state index contributed by atoms with van der Waals surface area (Å²) in [6, 6.07) is 15.1. The first-order valence-corrected chi connectivity index (χ1v) is 8.22. The molecule has 130 valence electrons. The standard InChI is InChI=1S/C20H17N3O3/c1-25-16-7-3-6-15(11-16)19-18(23-20(24)26-19)14-5-2-4-13(10-14)17-12-21-8-9-22-17/h2-12,18-19H,1H3,(H,23,24)/t18-,19-/m1/s1. The molecule has 1 N–H and O–H groups in total. The number of carbonyl (C=O) groups is 1. The van der Waals surface area contributed by atoms with Crippen molar-refractivity contribution >= 4 is 6.09 Å². The van der Waals surface area contributed by atoms with Gasteiger partial charge in [0.05, 0.1) is 25.0 Å². The van der Waals surface area contributed by atoms with Crippen molar-refractivity contribution in [1.82, 2.24) is 15.3 Å². The number of hydrogen-bond donors (Lipinski definition) is 1. The van der Waals surface area contributed by atoms with Gasteiger partial charge in [0, 0.05) is 18.0 Å². The first-order valence-electron chi connectivity index (χ1n) is 8.22. The molecule has 0 spiro atoms. The van der Waals surface area contributed by atoms with E-state index >= 15 is 0 Å². The van der Waals surface area contributed by atoms with Crippen molar-refractivity contribution in [2.45, 2.75) is 12.1 Å². The number of cyclic esters (lactones) is 1. The van der Waals surface area contributed by atoms with E-state index in [4.69, 9.17) is 9.47 Å². The van der Waals surface area contributed by atoms with Gasteiger partial charge in [-0.05, 0) is 29.3 Å². The van der Waals surface area contributed by atoms with Crippen LogP contribution in [0.15, 0.2) is 67.1 Å². The van der Waals surface area contributed by atoms with Gasteiger partial charge in [-0.25, -0.2) is 4.79 Å². The van der Waals surface area contributed by atoms with Crippen LogP contribution in [0.3, 0.4) is 0 Å². The molecule has 26 heavy (non-hydrogen) atoms. The first-order chi connectivity index (χ1) is 12.7. The number of benzene rings is 2. The lowest BCUT2D eigenvalue weighted by Crippen LogP contribution is -2.19. The van der Waals surface area contributed by atoms with Crippen molar-refractivity contribution < 1.29 is 14.3 Å². The molecule has 1 fully saturated rings. The van der Waals surface area contributed by atoms with Crippen molar-refractivity contribution in [3.8, 4) is 17.0 Å². The number of carbonyl (C=O) groups excluding carboxylic acids is 1. The van der Waals surface area contributed by atoms with Gasteiger partial charge in [0.2, 0.25) is 0 Å². The van der Waals surface area contributed by atoms with E-state index in [1.165, 1.54) is 0 Å². The molecule has 6 heteroatoms. The number of rotatable bonds is 4. The zero-order chi connectivity index (χ0) is 17.9. The van der Waals surface area contributed by atoms with Crippen molar-refractivity contribution in [2.24, 2.45) is 0 Å². The van der Waals surface area contributed by atoms with Crippen molar-refractivity contribution in [2.75, 3.05) is 7.11 Å². The van der Waals surface area contributed by atoms with Crippen LogP contribution >= 0.6 is 0 Å². The maximum absolute atomic E-state index is 11.9. The second-order valence-corrected chi connectivity index (χ2v) is 5.94. The average molecular weight is 347 g/mol. The molecule has 2 aromatic carbocycles. The van der Waals surface area contributed by atoms with E-state index in [1.807, 2.05) is 48.5 Å². The summed E-state index contributed by atoms with van der Waals surface area (Å²) in [5.74, 6) is 0.720. The number of alkyl carbamates (subject to hydrolysis) is 1. The number of hydrogen-bond acceptors (Lipinski definition) is 5. The summed E-state index contributed by atoms with van der Waals surface area (Å²) >= 11 is 0. The van der Waals surface area contributed by atoms with E-state index < -0.39 is 12.2 Å². The SMILES string of the molecule is COc1cccc([C@H]2OC(=O)N[C@@H]2c2cccc(-c3cnccn3)c2)c1. The number of methoxy groups -OCH3 is 1. The second kappa shape index (κ2) is 6.84. The molecule has 1 aromatic heterocycles. The zero-order valence-electron chi connectivity index (χ0n) is 14.1. The summed E-state index contributed by atoms with van der Waals surface area (Å²) in [6.45, 7) is 0. The highest BCUT2D eigenvalue weighted by Crippen LogP contribution is 2.38. The van der Waals surface area contributed by atoms with E-state index in [0.717, 1.165) is 28.1 Å². The molecule has 1 saturated heterocycles. The van der Waals surface area contributed by atoms with Crippen LogP contribution < -0.4 is 10.1 Å². The van der Waals surface area contributed by atoms with Crippen molar-refractivity contribution in [3.05, 3.63) is 78.2 Å². The maximum atomic E-state index is 11.9. The molecule has 4 rings (SSSR count). The number of amides is 1. The lowest BCUT2D eigenvalue weighted by atomic mass is 9.94. The summed E-state index contributed by atoms with van der Waals surface area (Å²) in [7, 11) is 1.61. The molecule has 0 radical (unpaired) electrons. The topological polar surface area (TPSA) is 73.3 Å². The van der Waals surface area contributed by atoms with Crippen LogP contribution in [0.2, 0.25) is 0 Å². The highest BCUT2D eigenvalue weighted by Gasteiger charge is 2.36. The van der Waals surface area contributed by atoms with Crippen molar-refractivity contribution in [3.63, 3.8) is 0 Å². The predicted molar refractivity (Wildman–Crippen MR) is 95.6 cm³/mol. The van der Waals surface area contributed by atoms with Crippen LogP contribution in [0.5, 0.6) is 5.75 Å². The minimum atomic E-state index is -0.437. The van der Waals surface area contributed by atoms with E-state index in [1.54, 1.807) is 25.7 Å². The lowest BCUT2D eigenvalue weighted by molar-refractivity contribution is 0.132. The van der Waals surface area contributed by atoms with Gasteiger partial charge in [0.15, 0.2) is 6.10 Å². The summed E-state index contributed by atoms with van der Waals surface area (Å²) in [5, 5.41) is 2.90. The molecule has 1 aliphatic rings. The summed E-state index contributed by atoms with van der Waals surface area (Å²) in [4.78, 5) is 20.4. The Balaban J connectivity index is 1.70. The van der Waals surface area contributed by atoms with Gasteiger partial charge in [-0.15, -0.1) is 0 Å². The fourth-order valence-corrected chi connectivity index (χ4v) is 3.10. The van der Waals surface area contributed by atoms with Gasteiger partial charge in [0.25, 0.3) is 0 Å². The Labute approximate surface area is 150 Å². The Morgan fingerprint density at radius 2 is 1.92 bits per heavy atom. The molecular formula is C20H17N3O3. The highest BCUT2D eigenvalue weighted by molar-refractivity contribution is 5.71.